The molecule has 0 aliphatic heterocycles. The Morgan fingerprint density at radius 1 is 1.05 bits per heavy atom. The van der Waals surface area contributed by atoms with Gasteiger partial charge in [0.2, 0.25) is 0 Å². The van der Waals surface area contributed by atoms with E-state index in [4.69, 9.17) is 0 Å². The van der Waals surface area contributed by atoms with Crippen LogP contribution in [0.2, 0.25) is 0 Å². The van der Waals surface area contributed by atoms with Crippen LogP contribution in [0.15, 0.2) is 54.6 Å². The van der Waals surface area contributed by atoms with Gasteiger partial charge in [0.25, 0.3) is 0 Å². The Bertz CT molecular complexity index is 661. The second-order valence-corrected chi connectivity index (χ2v) is 6.40. The molecule has 0 saturated heterocycles. The molecule has 4 heteroatoms. The van der Waals surface area contributed by atoms with Crippen molar-refractivity contribution in [3.8, 4) is 0 Å². The molecule has 0 heterocycles. The summed E-state index contributed by atoms with van der Waals surface area (Å²) in [6, 6.07) is 17.7. The predicted molar refractivity (Wildman–Crippen MR) is 73.6 cm³/mol. The number of benzene rings is 2. The minimum atomic E-state index is -3.53. The molecule has 2 aromatic carbocycles. The Morgan fingerprint density at radius 2 is 1.63 bits per heavy atom. The highest BCUT2D eigenvalue weighted by Crippen LogP contribution is 2.25. The van der Waals surface area contributed by atoms with E-state index in [0.29, 0.717) is 11.1 Å². The molecule has 0 bridgehead atoms. The van der Waals surface area contributed by atoms with Crippen molar-refractivity contribution in [1.82, 2.24) is 0 Å². The Morgan fingerprint density at radius 3 is 2.16 bits per heavy atom. The quantitative estimate of drug-likeness (QED) is 0.804. The van der Waals surface area contributed by atoms with Gasteiger partial charge in [-0.25, -0.2) is 8.42 Å². The molecule has 2 aromatic rings. The predicted octanol–water partition coefficient (Wildman–Crippen LogP) is 2.46. The highest BCUT2D eigenvalue weighted by atomic mass is 32.2. The summed E-state index contributed by atoms with van der Waals surface area (Å²) in [6.07, 6.45) is 1.08. The molecule has 0 aliphatic rings. The van der Waals surface area contributed by atoms with Crippen molar-refractivity contribution in [2.24, 2.45) is 0 Å². The number of ketones is 1. The van der Waals surface area contributed by atoms with Gasteiger partial charge < -0.3 is 0 Å². The van der Waals surface area contributed by atoms with Crippen molar-refractivity contribution in [2.45, 2.75) is 5.25 Å². The Kier molecular flexibility index (Phi) is 3.81. The zero-order valence-corrected chi connectivity index (χ0v) is 11.2. The fourth-order valence-corrected chi connectivity index (χ4v) is 3.10. The lowest BCUT2D eigenvalue weighted by Gasteiger charge is -2.14. The van der Waals surface area contributed by atoms with Crippen LogP contribution in [0.25, 0.3) is 0 Å². The zero-order valence-electron chi connectivity index (χ0n) is 10.4. The van der Waals surface area contributed by atoms with E-state index in [1.54, 1.807) is 54.6 Å². The topological polar surface area (TPSA) is 51.2 Å². The van der Waals surface area contributed by atoms with Crippen LogP contribution in [0, 0.1) is 6.07 Å². The number of carbonyl (C=O) groups is 1. The molecule has 3 nitrogen and oxygen atoms in total. The van der Waals surface area contributed by atoms with Crippen LogP contribution in [0.3, 0.4) is 0 Å². The van der Waals surface area contributed by atoms with Crippen molar-refractivity contribution in [1.29, 1.82) is 0 Å². The molecule has 0 amide bonds. The van der Waals surface area contributed by atoms with E-state index in [1.807, 2.05) is 0 Å². The zero-order chi connectivity index (χ0) is 13.9. The molecule has 0 aromatic heterocycles. The van der Waals surface area contributed by atoms with Crippen LogP contribution in [0.5, 0.6) is 0 Å². The number of hydrogen-bond donors (Lipinski definition) is 0. The lowest BCUT2D eigenvalue weighted by Crippen LogP contribution is -2.21. The fraction of sp³-hybridized carbons (Fsp3) is 0.133. The van der Waals surface area contributed by atoms with Gasteiger partial charge in [0.1, 0.15) is 5.25 Å². The molecule has 97 valence electrons. The van der Waals surface area contributed by atoms with E-state index in [9.17, 15) is 13.2 Å². The molecule has 0 aliphatic carbocycles. The molecule has 0 N–H and O–H groups in total. The standard InChI is InChI=1S/C15H13O3S/c1-19(17,18)15(13-10-6-3-7-11-13)14(16)12-8-4-2-5-9-12/h3-11,15H,1H3. The Labute approximate surface area is 112 Å². The summed E-state index contributed by atoms with van der Waals surface area (Å²) in [4.78, 5) is 12.4. The van der Waals surface area contributed by atoms with Crippen molar-refractivity contribution < 1.29 is 13.2 Å². The van der Waals surface area contributed by atoms with Crippen LogP contribution in [0.4, 0.5) is 0 Å². The number of Topliss-reactive ketones (excluding diaryl/α,β-unsaturated/α-hetero) is 1. The van der Waals surface area contributed by atoms with Crippen molar-refractivity contribution in [2.75, 3.05) is 6.26 Å². The van der Waals surface area contributed by atoms with Gasteiger partial charge in [0.05, 0.1) is 0 Å². The van der Waals surface area contributed by atoms with E-state index in [2.05, 4.69) is 6.07 Å². The summed E-state index contributed by atoms with van der Waals surface area (Å²) in [5, 5.41) is -1.16. The summed E-state index contributed by atoms with van der Waals surface area (Å²) >= 11 is 0. The van der Waals surface area contributed by atoms with Crippen LogP contribution in [-0.2, 0) is 9.84 Å². The number of hydrogen-bond acceptors (Lipinski definition) is 3. The minimum absolute atomic E-state index is 0.373. The van der Waals surface area contributed by atoms with E-state index in [1.165, 1.54) is 0 Å². The molecular weight excluding hydrogens is 260 g/mol. The lowest BCUT2D eigenvalue weighted by molar-refractivity contribution is 0.0987. The second-order valence-electron chi connectivity index (χ2n) is 4.27. The molecule has 0 spiro atoms. The van der Waals surface area contributed by atoms with Gasteiger partial charge >= 0.3 is 0 Å². The molecule has 19 heavy (non-hydrogen) atoms. The maximum Gasteiger partial charge on any atom is 0.185 e. The summed E-state index contributed by atoms with van der Waals surface area (Å²) in [5.41, 5.74) is 0.862. The van der Waals surface area contributed by atoms with Gasteiger partial charge in [-0.15, -0.1) is 0 Å². The fourth-order valence-electron chi connectivity index (χ4n) is 1.92. The molecule has 0 saturated carbocycles. The maximum absolute atomic E-state index is 12.4. The normalized spacial score (nSPS) is 12.9. The number of rotatable bonds is 4. The van der Waals surface area contributed by atoms with Gasteiger partial charge in [-0.1, -0.05) is 54.6 Å². The first-order valence-electron chi connectivity index (χ1n) is 5.74. The average Bonchev–Trinajstić information content (AvgIpc) is 2.39. The smallest absolute Gasteiger partial charge is 0.185 e. The van der Waals surface area contributed by atoms with Gasteiger partial charge in [-0.3, -0.25) is 4.79 Å². The van der Waals surface area contributed by atoms with Gasteiger partial charge in [0, 0.05) is 11.8 Å². The third-order valence-electron chi connectivity index (χ3n) is 2.77. The number of sulfone groups is 1. The average molecular weight is 273 g/mol. The first-order chi connectivity index (χ1) is 9.00. The Balaban J connectivity index is 2.50. The summed E-state index contributed by atoms with van der Waals surface area (Å²) in [6.45, 7) is 0. The first kappa shape index (κ1) is 13.5. The van der Waals surface area contributed by atoms with Gasteiger partial charge in [0.15, 0.2) is 15.6 Å². The van der Waals surface area contributed by atoms with Crippen molar-refractivity contribution in [3.63, 3.8) is 0 Å². The van der Waals surface area contributed by atoms with Crippen LogP contribution in [-0.4, -0.2) is 20.5 Å². The largest absolute Gasteiger partial charge is 0.292 e. The third-order valence-corrected chi connectivity index (χ3v) is 4.11. The van der Waals surface area contributed by atoms with Crippen LogP contribution < -0.4 is 0 Å². The molecule has 1 radical (unpaired) electrons. The summed E-state index contributed by atoms with van der Waals surface area (Å²) in [5.74, 6) is -0.414. The monoisotopic (exact) mass is 273 g/mol. The molecule has 2 rings (SSSR count). The maximum atomic E-state index is 12.4. The van der Waals surface area contributed by atoms with Gasteiger partial charge in [-0.2, -0.15) is 0 Å². The van der Waals surface area contributed by atoms with E-state index < -0.39 is 20.9 Å². The lowest BCUT2D eigenvalue weighted by atomic mass is 10.0. The van der Waals surface area contributed by atoms with Crippen LogP contribution in [0.1, 0.15) is 21.2 Å². The van der Waals surface area contributed by atoms with E-state index >= 15 is 0 Å². The number of carbonyl (C=O) groups excluding carboxylic acids is 1. The first-order valence-corrected chi connectivity index (χ1v) is 7.70. The molecule has 1 atom stereocenters. The molecular formula is C15H13O3S. The van der Waals surface area contributed by atoms with Crippen molar-refractivity contribution in [3.05, 3.63) is 71.8 Å². The highest BCUT2D eigenvalue weighted by Gasteiger charge is 2.31. The summed E-state index contributed by atoms with van der Waals surface area (Å²) < 4.78 is 23.8. The minimum Gasteiger partial charge on any atom is -0.292 e. The van der Waals surface area contributed by atoms with Gasteiger partial charge in [-0.05, 0) is 11.6 Å². The van der Waals surface area contributed by atoms with E-state index in [0.717, 1.165) is 6.26 Å². The third kappa shape index (κ3) is 3.09. The molecule has 0 fully saturated rings. The highest BCUT2D eigenvalue weighted by molar-refractivity contribution is 7.91. The second kappa shape index (κ2) is 5.36. The van der Waals surface area contributed by atoms with E-state index in [-0.39, 0.29) is 0 Å². The van der Waals surface area contributed by atoms with Crippen molar-refractivity contribution >= 4 is 15.6 Å². The Hall–Kier alpha value is -1.94. The SMILES string of the molecule is CS(=O)(=O)C(C(=O)c1cc[c]cc1)c1ccccc1. The summed E-state index contributed by atoms with van der Waals surface area (Å²) in [7, 11) is -3.53. The molecule has 1 unspecified atom stereocenters. The van der Waals surface area contributed by atoms with Crippen LogP contribution >= 0.6 is 0 Å².